The molecule has 2 aliphatic rings. The second kappa shape index (κ2) is 5.36. The van der Waals surface area contributed by atoms with Gasteiger partial charge in [0, 0.05) is 32.7 Å². The molecule has 0 aromatic carbocycles. The Morgan fingerprint density at radius 2 is 2.22 bits per heavy atom. The van der Waals surface area contributed by atoms with Gasteiger partial charge < -0.3 is 4.74 Å². The molecule has 5 heteroatoms. The van der Waals surface area contributed by atoms with Gasteiger partial charge >= 0.3 is 0 Å². The average molecular weight is 250 g/mol. The van der Waals surface area contributed by atoms with Gasteiger partial charge in [-0.05, 0) is 18.8 Å². The number of hydrogen-bond donors (Lipinski definition) is 0. The molecule has 1 aliphatic heterocycles. The summed E-state index contributed by atoms with van der Waals surface area (Å²) in [5.74, 6) is 2.54. The van der Waals surface area contributed by atoms with E-state index >= 15 is 0 Å². The molecule has 1 aliphatic carbocycles. The molecule has 0 spiro atoms. The van der Waals surface area contributed by atoms with E-state index in [9.17, 15) is 0 Å². The molecule has 0 amide bonds. The van der Waals surface area contributed by atoms with Crippen LogP contribution in [0.4, 0.5) is 0 Å². The Hall–Kier alpha value is -0.940. The molecule has 5 nitrogen and oxygen atoms in total. The Morgan fingerprint density at radius 1 is 1.33 bits per heavy atom. The summed E-state index contributed by atoms with van der Waals surface area (Å²) < 4.78 is 7.38. The van der Waals surface area contributed by atoms with Crippen molar-refractivity contribution in [3.63, 3.8) is 0 Å². The third kappa shape index (κ3) is 2.57. The molecule has 0 bridgehead atoms. The normalized spacial score (nSPS) is 25.5. The monoisotopic (exact) mass is 250 g/mol. The van der Waals surface area contributed by atoms with E-state index in [-0.39, 0.29) is 0 Å². The SMILES string of the molecule is COC[C@H]1CN(CC2CCC2)Cc2ncnn2C1. The lowest BCUT2D eigenvalue weighted by Gasteiger charge is -2.32. The molecule has 1 aromatic heterocycles. The van der Waals surface area contributed by atoms with Gasteiger partial charge in [-0.15, -0.1) is 0 Å². The summed E-state index contributed by atoms with van der Waals surface area (Å²) in [5, 5.41) is 4.32. The molecule has 0 unspecified atom stereocenters. The summed E-state index contributed by atoms with van der Waals surface area (Å²) in [6.45, 7) is 5.00. The first-order valence-electron chi connectivity index (χ1n) is 6.93. The topological polar surface area (TPSA) is 43.2 Å². The van der Waals surface area contributed by atoms with Crippen molar-refractivity contribution in [2.45, 2.75) is 32.4 Å². The van der Waals surface area contributed by atoms with E-state index < -0.39 is 0 Å². The number of rotatable bonds is 4. The van der Waals surface area contributed by atoms with E-state index in [2.05, 4.69) is 15.0 Å². The van der Waals surface area contributed by atoms with Gasteiger partial charge in [0.2, 0.25) is 0 Å². The Labute approximate surface area is 108 Å². The second-order valence-corrected chi connectivity index (χ2v) is 5.67. The van der Waals surface area contributed by atoms with Crippen LogP contribution in [-0.4, -0.2) is 46.5 Å². The van der Waals surface area contributed by atoms with Crippen LogP contribution >= 0.6 is 0 Å². The predicted molar refractivity (Wildman–Crippen MR) is 68.0 cm³/mol. The molecule has 2 heterocycles. The molecule has 0 N–H and O–H groups in total. The highest BCUT2D eigenvalue weighted by molar-refractivity contribution is 4.90. The Bertz CT molecular complexity index is 388. The summed E-state index contributed by atoms with van der Waals surface area (Å²) >= 11 is 0. The van der Waals surface area contributed by atoms with E-state index in [1.54, 1.807) is 13.4 Å². The van der Waals surface area contributed by atoms with Crippen LogP contribution in [0.5, 0.6) is 0 Å². The van der Waals surface area contributed by atoms with E-state index in [1.165, 1.54) is 25.8 Å². The molecule has 3 rings (SSSR count). The number of aromatic nitrogens is 3. The van der Waals surface area contributed by atoms with Crippen LogP contribution in [0, 0.1) is 11.8 Å². The quantitative estimate of drug-likeness (QED) is 0.804. The van der Waals surface area contributed by atoms with Gasteiger partial charge in [-0.1, -0.05) is 6.42 Å². The van der Waals surface area contributed by atoms with Gasteiger partial charge in [-0.25, -0.2) is 9.67 Å². The van der Waals surface area contributed by atoms with Crippen molar-refractivity contribution in [1.29, 1.82) is 0 Å². The van der Waals surface area contributed by atoms with Gasteiger partial charge in [-0.2, -0.15) is 5.10 Å². The second-order valence-electron chi connectivity index (χ2n) is 5.67. The van der Waals surface area contributed by atoms with E-state index in [4.69, 9.17) is 4.74 Å². The molecule has 1 saturated carbocycles. The van der Waals surface area contributed by atoms with Crippen molar-refractivity contribution >= 4 is 0 Å². The molecule has 100 valence electrons. The highest BCUT2D eigenvalue weighted by atomic mass is 16.5. The first kappa shape index (κ1) is 12.1. The highest BCUT2D eigenvalue weighted by Gasteiger charge is 2.26. The fraction of sp³-hybridized carbons (Fsp3) is 0.846. The lowest BCUT2D eigenvalue weighted by molar-refractivity contribution is 0.100. The summed E-state index contributed by atoms with van der Waals surface area (Å²) in [4.78, 5) is 6.92. The van der Waals surface area contributed by atoms with Crippen LogP contribution in [0.1, 0.15) is 25.1 Å². The maximum absolute atomic E-state index is 5.33. The van der Waals surface area contributed by atoms with E-state index in [0.29, 0.717) is 5.92 Å². The zero-order valence-electron chi connectivity index (χ0n) is 11.1. The smallest absolute Gasteiger partial charge is 0.141 e. The summed E-state index contributed by atoms with van der Waals surface area (Å²) in [6, 6.07) is 0. The summed E-state index contributed by atoms with van der Waals surface area (Å²) in [7, 11) is 1.78. The zero-order chi connectivity index (χ0) is 12.4. The number of ether oxygens (including phenoxy) is 1. The zero-order valence-corrected chi connectivity index (χ0v) is 11.1. The minimum Gasteiger partial charge on any atom is -0.384 e. The Balaban J connectivity index is 1.69. The van der Waals surface area contributed by atoms with Gasteiger partial charge in [0.15, 0.2) is 0 Å². The maximum Gasteiger partial charge on any atom is 0.141 e. The standard InChI is InChI=1S/C13H22N4O/c1-18-9-12-6-16(5-11-3-2-4-11)8-13-14-10-15-17(13)7-12/h10-12H,2-9H2,1H3/t12-/m0/s1. The lowest BCUT2D eigenvalue weighted by atomic mass is 9.85. The van der Waals surface area contributed by atoms with Crippen molar-refractivity contribution in [1.82, 2.24) is 19.7 Å². The minimum absolute atomic E-state index is 0.526. The van der Waals surface area contributed by atoms with Gasteiger partial charge in [0.1, 0.15) is 12.2 Å². The van der Waals surface area contributed by atoms with Crippen LogP contribution < -0.4 is 0 Å². The third-order valence-electron chi connectivity index (χ3n) is 4.15. The number of nitrogens with zero attached hydrogens (tertiary/aromatic N) is 4. The molecule has 1 fully saturated rings. The van der Waals surface area contributed by atoms with Crippen LogP contribution in [-0.2, 0) is 17.8 Å². The number of methoxy groups -OCH3 is 1. The Morgan fingerprint density at radius 3 is 2.94 bits per heavy atom. The van der Waals surface area contributed by atoms with Crippen molar-refractivity contribution in [3.05, 3.63) is 12.2 Å². The van der Waals surface area contributed by atoms with Crippen LogP contribution in [0.3, 0.4) is 0 Å². The third-order valence-corrected chi connectivity index (χ3v) is 4.15. The van der Waals surface area contributed by atoms with Crippen molar-refractivity contribution in [2.75, 3.05) is 26.8 Å². The van der Waals surface area contributed by atoms with Crippen molar-refractivity contribution < 1.29 is 4.74 Å². The van der Waals surface area contributed by atoms with Crippen molar-refractivity contribution in [3.8, 4) is 0 Å². The minimum atomic E-state index is 0.526. The number of hydrogen-bond acceptors (Lipinski definition) is 4. The molecular weight excluding hydrogens is 228 g/mol. The van der Waals surface area contributed by atoms with Crippen LogP contribution in [0.2, 0.25) is 0 Å². The summed E-state index contributed by atoms with van der Waals surface area (Å²) in [6.07, 6.45) is 5.89. The Kier molecular flexibility index (Phi) is 3.61. The molecule has 1 aromatic rings. The molecule has 0 saturated heterocycles. The first-order valence-corrected chi connectivity index (χ1v) is 6.93. The van der Waals surface area contributed by atoms with Gasteiger partial charge in [-0.3, -0.25) is 4.90 Å². The average Bonchev–Trinajstić information content (AvgIpc) is 2.64. The number of fused-ring (bicyclic) bond motifs is 1. The lowest BCUT2D eigenvalue weighted by Crippen LogP contribution is -2.36. The molecule has 1 atom stereocenters. The highest BCUT2D eigenvalue weighted by Crippen LogP contribution is 2.28. The fourth-order valence-corrected chi connectivity index (χ4v) is 3.02. The van der Waals surface area contributed by atoms with Gasteiger partial charge in [0.05, 0.1) is 13.2 Å². The predicted octanol–water partition coefficient (Wildman–Crippen LogP) is 1.16. The molecule has 18 heavy (non-hydrogen) atoms. The van der Waals surface area contributed by atoms with Crippen LogP contribution in [0.15, 0.2) is 6.33 Å². The van der Waals surface area contributed by atoms with E-state index in [1.807, 2.05) is 4.68 Å². The van der Waals surface area contributed by atoms with Gasteiger partial charge in [0.25, 0.3) is 0 Å². The van der Waals surface area contributed by atoms with Crippen molar-refractivity contribution in [2.24, 2.45) is 11.8 Å². The molecular formula is C13H22N4O. The van der Waals surface area contributed by atoms with E-state index in [0.717, 1.165) is 38.0 Å². The maximum atomic E-state index is 5.33. The summed E-state index contributed by atoms with van der Waals surface area (Å²) in [5.41, 5.74) is 0. The molecule has 0 radical (unpaired) electrons. The van der Waals surface area contributed by atoms with Crippen LogP contribution in [0.25, 0.3) is 0 Å². The fourth-order valence-electron chi connectivity index (χ4n) is 3.02. The first-order chi connectivity index (χ1) is 8.85. The largest absolute Gasteiger partial charge is 0.384 e.